The number of hydrogen-bond acceptors (Lipinski definition) is 5. The van der Waals surface area contributed by atoms with Crippen molar-refractivity contribution in [1.82, 2.24) is 29.7 Å². The Morgan fingerprint density at radius 2 is 2.00 bits per heavy atom. The van der Waals surface area contributed by atoms with E-state index in [0.29, 0.717) is 25.6 Å². The van der Waals surface area contributed by atoms with E-state index >= 15 is 0 Å². The lowest BCUT2D eigenvalue weighted by molar-refractivity contribution is 0.217. The quantitative estimate of drug-likeness (QED) is 0.421. The van der Waals surface area contributed by atoms with Crippen LogP contribution in [0.5, 0.6) is 0 Å². The molecule has 180 valence electrons. The standard InChI is InChI=1S/C25H33N7O2/c1-18-5-6-19-20(28-18)7-8-21-24(19)29-22(9-14-30-13-3-2-4-23(30)33)32(21)17-11-26-10-15-31-16-12-27-25(31)34/h2-4,7-8,13,18,26,28H,5-6,9-12,14-17H2,1H3,(H,27,34)/t18-/m0/s1. The number of aromatic nitrogens is 3. The summed E-state index contributed by atoms with van der Waals surface area (Å²) in [4.78, 5) is 30.8. The smallest absolute Gasteiger partial charge is 0.317 e. The van der Waals surface area contributed by atoms with E-state index in [9.17, 15) is 9.59 Å². The Labute approximate surface area is 199 Å². The number of anilines is 1. The first-order chi connectivity index (χ1) is 16.6. The lowest BCUT2D eigenvalue weighted by atomic mass is 9.98. The maximum absolute atomic E-state index is 12.2. The Balaban J connectivity index is 1.34. The molecule has 9 nitrogen and oxygen atoms in total. The maximum Gasteiger partial charge on any atom is 0.317 e. The number of amides is 2. The number of rotatable bonds is 9. The number of nitrogens with zero attached hydrogens (tertiary/aromatic N) is 4. The molecule has 2 aromatic heterocycles. The average Bonchev–Trinajstić information content (AvgIpc) is 3.41. The van der Waals surface area contributed by atoms with Crippen LogP contribution in [0.3, 0.4) is 0 Å². The highest BCUT2D eigenvalue weighted by molar-refractivity contribution is 5.86. The highest BCUT2D eigenvalue weighted by Gasteiger charge is 2.21. The van der Waals surface area contributed by atoms with Crippen molar-refractivity contribution in [1.29, 1.82) is 0 Å². The summed E-state index contributed by atoms with van der Waals surface area (Å²) in [5.41, 5.74) is 4.70. The molecule has 2 aliphatic heterocycles. The van der Waals surface area contributed by atoms with Crippen molar-refractivity contribution >= 4 is 22.8 Å². The molecule has 34 heavy (non-hydrogen) atoms. The van der Waals surface area contributed by atoms with Gasteiger partial charge in [-0.15, -0.1) is 0 Å². The summed E-state index contributed by atoms with van der Waals surface area (Å²) in [5, 5.41) is 9.91. The second-order valence-corrected chi connectivity index (χ2v) is 9.17. The fraction of sp³-hybridized carbons (Fsp3) is 0.480. The van der Waals surface area contributed by atoms with E-state index in [0.717, 1.165) is 62.4 Å². The van der Waals surface area contributed by atoms with Crippen LogP contribution >= 0.6 is 0 Å². The molecule has 5 rings (SSSR count). The van der Waals surface area contributed by atoms with Crippen molar-refractivity contribution < 1.29 is 4.79 Å². The highest BCUT2D eigenvalue weighted by Crippen LogP contribution is 2.32. The van der Waals surface area contributed by atoms with Gasteiger partial charge in [0.25, 0.3) is 5.56 Å². The molecule has 0 spiro atoms. The summed E-state index contributed by atoms with van der Waals surface area (Å²) in [6, 6.07) is 10.1. The molecule has 0 bridgehead atoms. The zero-order chi connectivity index (χ0) is 23.5. The number of imidazole rings is 1. The van der Waals surface area contributed by atoms with E-state index in [1.165, 1.54) is 11.3 Å². The molecule has 1 aromatic carbocycles. The van der Waals surface area contributed by atoms with E-state index in [1.807, 2.05) is 17.2 Å². The number of nitrogens with one attached hydrogen (secondary N) is 3. The van der Waals surface area contributed by atoms with Crippen molar-refractivity contribution in [3.63, 3.8) is 0 Å². The van der Waals surface area contributed by atoms with Crippen molar-refractivity contribution in [2.75, 3.05) is 38.0 Å². The minimum Gasteiger partial charge on any atom is -0.382 e. The van der Waals surface area contributed by atoms with Gasteiger partial charge in [-0.25, -0.2) is 9.78 Å². The Morgan fingerprint density at radius 1 is 1.12 bits per heavy atom. The van der Waals surface area contributed by atoms with Crippen LogP contribution < -0.4 is 21.5 Å². The number of hydrogen-bond donors (Lipinski definition) is 3. The van der Waals surface area contributed by atoms with Gasteiger partial charge in [0.05, 0.1) is 11.0 Å². The van der Waals surface area contributed by atoms with Gasteiger partial charge in [-0.05, 0) is 38.0 Å². The number of benzene rings is 1. The zero-order valence-corrected chi connectivity index (χ0v) is 19.7. The summed E-state index contributed by atoms with van der Waals surface area (Å²) in [7, 11) is 0. The molecular weight excluding hydrogens is 430 g/mol. The van der Waals surface area contributed by atoms with E-state index in [-0.39, 0.29) is 11.6 Å². The first kappa shape index (κ1) is 22.5. The summed E-state index contributed by atoms with van der Waals surface area (Å²) in [6.45, 7) is 7.34. The van der Waals surface area contributed by atoms with Crippen LogP contribution in [0.1, 0.15) is 24.7 Å². The zero-order valence-electron chi connectivity index (χ0n) is 19.7. The number of carbonyl (C=O) groups excluding carboxylic acids is 1. The summed E-state index contributed by atoms with van der Waals surface area (Å²) in [5.74, 6) is 0.999. The average molecular weight is 464 g/mol. The van der Waals surface area contributed by atoms with E-state index < -0.39 is 0 Å². The molecule has 0 unspecified atom stereocenters. The molecule has 0 saturated carbocycles. The van der Waals surface area contributed by atoms with E-state index in [4.69, 9.17) is 4.98 Å². The molecule has 1 fully saturated rings. The van der Waals surface area contributed by atoms with Crippen LogP contribution in [-0.2, 0) is 25.9 Å². The van der Waals surface area contributed by atoms with Crippen LogP contribution in [0.2, 0.25) is 0 Å². The van der Waals surface area contributed by atoms with Crippen LogP contribution in [-0.4, -0.2) is 63.8 Å². The summed E-state index contributed by atoms with van der Waals surface area (Å²) >= 11 is 0. The molecule has 0 aliphatic carbocycles. The van der Waals surface area contributed by atoms with Crippen LogP contribution in [0, 0.1) is 0 Å². The SMILES string of the molecule is C[C@H]1CCc2c(ccc3c2nc(CCn2ccccc2=O)n3CCNCCN2CCNC2=O)N1. The molecule has 1 atom stereocenters. The third-order valence-corrected chi connectivity index (χ3v) is 6.83. The molecule has 9 heteroatoms. The molecule has 2 amide bonds. The number of carbonyl (C=O) groups is 1. The predicted molar refractivity (Wildman–Crippen MR) is 133 cm³/mol. The monoisotopic (exact) mass is 463 g/mol. The van der Waals surface area contributed by atoms with Gasteiger partial charge in [-0.3, -0.25) is 4.79 Å². The van der Waals surface area contributed by atoms with Crippen molar-refractivity contribution in [3.05, 3.63) is 58.3 Å². The maximum atomic E-state index is 12.2. The fourth-order valence-electron chi connectivity index (χ4n) is 4.94. The molecule has 3 N–H and O–H groups in total. The molecule has 4 heterocycles. The van der Waals surface area contributed by atoms with Crippen LogP contribution in [0.25, 0.3) is 11.0 Å². The van der Waals surface area contributed by atoms with Crippen LogP contribution in [0.15, 0.2) is 41.3 Å². The predicted octanol–water partition coefficient (Wildman–Crippen LogP) is 1.80. The third kappa shape index (κ3) is 4.65. The highest BCUT2D eigenvalue weighted by atomic mass is 16.2. The lowest BCUT2D eigenvalue weighted by Crippen LogP contribution is -2.35. The number of urea groups is 1. The van der Waals surface area contributed by atoms with E-state index in [2.05, 4.69) is 39.6 Å². The molecule has 2 aliphatic rings. The van der Waals surface area contributed by atoms with Gasteiger partial charge in [-0.1, -0.05) is 6.07 Å². The molecule has 3 aromatic rings. The Bertz CT molecular complexity index is 1230. The molecule has 1 saturated heterocycles. The van der Waals surface area contributed by atoms with Crippen molar-refractivity contribution in [3.8, 4) is 0 Å². The minimum atomic E-state index is 0.00773. The Kier molecular flexibility index (Phi) is 6.53. The van der Waals surface area contributed by atoms with E-state index in [1.54, 1.807) is 16.7 Å². The first-order valence-electron chi connectivity index (χ1n) is 12.3. The lowest BCUT2D eigenvalue weighted by Gasteiger charge is -2.24. The fourth-order valence-corrected chi connectivity index (χ4v) is 4.94. The number of pyridine rings is 1. The van der Waals surface area contributed by atoms with Gasteiger partial charge >= 0.3 is 6.03 Å². The minimum absolute atomic E-state index is 0.00773. The Hall–Kier alpha value is -3.33. The van der Waals surface area contributed by atoms with Crippen molar-refractivity contribution in [2.24, 2.45) is 0 Å². The molecule has 0 radical (unpaired) electrons. The van der Waals surface area contributed by atoms with Crippen LogP contribution in [0.4, 0.5) is 10.5 Å². The topological polar surface area (TPSA) is 96.2 Å². The van der Waals surface area contributed by atoms with Gasteiger partial charge < -0.3 is 30.0 Å². The largest absolute Gasteiger partial charge is 0.382 e. The summed E-state index contributed by atoms with van der Waals surface area (Å²) < 4.78 is 4.03. The molecular formula is C25H33N7O2. The summed E-state index contributed by atoms with van der Waals surface area (Å²) in [6.07, 6.45) is 4.63. The Morgan fingerprint density at radius 3 is 2.82 bits per heavy atom. The second kappa shape index (κ2) is 9.89. The third-order valence-electron chi connectivity index (χ3n) is 6.83. The van der Waals surface area contributed by atoms with Gasteiger partial charge in [0, 0.05) is 81.8 Å². The number of aryl methyl sites for hydroxylation is 3. The first-order valence-corrected chi connectivity index (χ1v) is 12.3. The van der Waals surface area contributed by atoms with Crippen molar-refractivity contribution in [2.45, 2.75) is 45.3 Å². The van der Waals surface area contributed by atoms with Gasteiger partial charge in [0.15, 0.2) is 0 Å². The van der Waals surface area contributed by atoms with Gasteiger partial charge in [0.2, 0.25) is 0 Å². The van der Waals surface area contributed by atoms with Gasteiger partial charge in [0.1, 0.15) is 5.82 Å². The number of fused-ring (bicyclic) bond motifs is 3. The normalized spacial score (nSPS) is 17.6. The second-order valence-electron chi connectivity index (χ2n) is 9.17. The van der Waals surface area contributed by atoms with Gasteiger partial charge in [-0.2, -0.15) is 0 Å².